The molecule has 0 spiro atoms. The van der Waals surface area contributed by atoms with E-state index in [2.05, 4.69) is 16.0 Å². The van der Waals surface area contributed by atoms with Crippen molar-refractivity contribution in [3.05, 3.63) is 36.9 Å². The molecule has 0 aliphatic rings. The summed E-state index contributed by atoms with van der Waals surface area (Å²) in [6, 6.07) is 6.34. The molecular formula is C8H5N2O. The van der Waals surface area contributed by atoms with E-state index in [1.807, 2.05) is 0 Å². The van der Waals surface area contributed by atoms with E-state index < -0.39 is 0 Å². The Morgan fingerprint density at radius 1 is 1.27 bits per heavy atom. The van der Waals surface area contributed by atoms with Gasteiger partial charge in [-0.05, 0) is 18.2 Å². The maximum Gasteiger partial charge on any atom is 0.245 e. The molecule has 0 N–H and O–H groups in total. The first-order chi connectivity index (χ1) is 5.47. The first-order valence-electron chi connectivity index (χ1n) is 3.19. The predicted octanol–water partition coefficient (Wildman–Crippen LogP) is 1.54. The molecule has 53 valence electrons. The summed E-state index contributed by atoms with van der Waals surface area (Å²) in [4.78, 5) is 7.97. The van der Waals surface area contributed by atoms with Gasteiger partial charge in [-0.3, -0.25) is 4.98 Å². The van der Waals surface area contributed by atoms with Crippen LogP contribution in [0.25, 0.3) is 11.6 Å². The Bertz CT molecular complexity index is 315. The third kappa shape index (κ3) is 1.12. The molecule has 2 aromatic heterocycles. The molecule has 0 fully saturated rings. The lowest BCUT2D eigenvalue weighted by molar-refractivity contribution is 0.572. The zero-order valence-electron chi connectivity index (χ0n) is 5.69. The van der Waals surface area contributed by atoms with Crippen LogP contribution in [0, 0.1) is 6.07 Å². The average molecular weight is 145 g/mol. The smallest absolute Gasteiger partial charge is 0.245 e. The molecule has 2 aromatic rings. The summed E-state index contributed by atoms with van der Waals surface area (Å²) in [7, 11) is 0. The zero-order chi connectivity index (χ0) is 7.52. The van der Waals surface area contributed by atoms with Crippen molar-refractivity contribution in [2.24, 2.45) is 0 Å². The first-order valence-corrected chi connectivity index (χ1v) is 3.19. The molecule has 0 amide bonds. The lowest BCUT2D eigenvalue weighted by Gasteiger charge is -1.89. The highest BCUT2D eigenvalue weighted by atomic mass is 16.3. The van der Waals surface area contributed by atoms with Gasteiger partial charge in [0.05, 0.1) is 6.20 Å². The number of aromatic nitrogens is 2. The molecule has 0 bridgehead atoms. The maximum atomic E-state index is 5.03. The molecule has 0 aliphatic carbocycles. The van der Waals surface area contributed by atoms with Crippen LogP contribution in [0.3, 0.4) is 0 Å². The molecule has 0 saturated carbocycles. The lowest BCUT2D eigenvalue weighted by atomic mass is 10.3. The quantitative estimate of drug-likeness (QED) is 0.610. The third-order valence-corrected chi connectivity index (χ3v) is 1.26. The number of nitrogens with zero attached hydrogens (tertiary/aromatic N) is 2. The van der Waals surface area contributed by atoms with Crippen molar-refractivity contribution in [2.75, 3.05) is 0 Å². The maximum absolute atomic E-state index is 5.03. The minimum Gasteiger partial charge on any atom is -0.443 e. The molecule has 3 nitrogen and oxygen atoms in total. The van der Waals surface area contributed by atoms with Crippen LogP contribution in [0.5, 0.6) is 0 Å². The second kappa shape index (κ2) is 2.54. The highest BCUT2D eigenvalue weighted by molar-refractivity contribution is 5.44. The molecule has 11 heavy (non-hydrogen) atoms. The normalized spacial score (nSPS) is 9.82. The molecule has 0 saturated heterocycles. The molecule has 0 unspecified atom stereocenters. The molecule has 0 atom stereocenters. The van der Waals surface area contributed by atoms with E-state index in [1.165, 1.54) is 6.26 Å². The first kappa shape index (κ1) is 6.09. The second-order valence-corrected chi connectivity index (χ2v) is 1.98. The highest BCUT2D eigenvalue weighted by Crippen LogP contribution is 2.11. The van der Waals surface area contributed by atoms with Crippen LogP contribution in [0.15, 0.2) is 35.2 Å². The van der Waals surface area contributed by atoms with Crippen molar-refractivity contribution < 1.29 is 4.42 Å². The Balaban J connectivity index is 2.46. The fraction of sp³-hybridized carbons (Fsp3) is 0. The molecule has 1 radical (unpaired) electrons. The van der Waals surface area contributed by atoms with Gasteiger partial charge in [0, 0.05) is 6.20 Å². The van der Waals surface area contributed by atoms with Crippen LogP contribution in [-0.2, 0) is 0 Å². The topological polar surface area (TPSA) is 38.9 Å². The van der Waals surface area contributed by atoms with Crippen molar-refractivity contribution >= 4 is 0 Å². The van der Waals surface area contributed by atoms with Crippen LogP contribution in [0.1, 0.15) is 0 Å². The zero-order valence-corrected chi connectivity index (χ0v) is 5.69. The highest BCUT2D eigenvalue weighted by Gasteiger charge is 2.00. The molecule has 2 rings (SSSR count). The Morgan fingerprint density at radius 2 is 2.27 bits per heavy atom. The van der Waals surface area contributed by atoms with Crippen LogP contribution in [-0.4, -0.2) is 9.97 Å². The summed E-state index contributed by atoms with van der Waals surface area (Å²) in [5, 5.41) is 0. The van der Waals surface area contributed by atoms with E-state index in [4.69, 9.17) is 4.42 Å². The molecular weight excluding hydrogens is 140 g/mol. The summed E-state index contributed by atoms with van der Waals surface area (Å²) in [5.41, 5.74) is 0.706. The minimum atomic E-state index is 0.529. The summed E-state index contributed by atoms with van der Waals surface area (Å²) in [6.07, 6.45) is 4.76. The van der Waals surface area contributed by atoms with Crippen molar-refractivity contribution in [3.63, 3.8) is 0 Å². The van der Waals surface area contributed by atoms with E-state index in [0.717, 1.165) is 0 Å². The molecule has 2 heterocycles. The van der Waals surface area contributed by atoms with Gasteiger partial charge < -0.3 is 4.42 Å². The predicted molar refractivity (Wildman–Crippen MR) is 38.6 cm³/mol. The van der Waals surface area contributed by atoms with Crippen LogP contribution >= 0.6 is 0 Å². The van der Waals surface area contributed by atoms with Gasteiger partial charge in [0.1, 0.15) is 12.0 Å². The lowest BCUT2D eigenvalue weighted by Crippen LogP contribution is -1.79. The number of hydrogen-bond acceptors (Lipinski definition) is 3. The summed E-state index contributed by atoms with van der Waals surface area (Å²) >= 11 is 0. The van der Waals surface area contributed by atoms with Crippen molar-refractivity contribution in [2.45, 2.75) is 0 Å². The SMILES string of the molecule is [c]1ccnc(-c2ncco2)c1. The summed E-state index contributed by atoms with van der Waals surface area (Å²) in [6.45, 7) is 0. The van der Waals surface area contributed by atoms with Gasteiger partial charge in [-0.15, -0.1) is 0 Å². The average Bonchev–Trinajstić information content (AvgIpc) is 2.58. The van der Waals surface area contributed by atoms with Crippen molar-refractivity contribution in [1.29, 1.82) is 0 Å². The standard InChI is InChI=1S/C8H5N2O/c1-2-4-9-7(3-1)8-10-5-6-11-8/h2-6H. The fourth-order valence-corrected chi connectivity index (χ4v) is 0.792. The molecule has 0 aromatic carbocycles. The van der Waals surface area contributed by atoms with Crippen LogP contribution < -0.4 is 0 Å². The Kier molecular flexibility index (Phi) is 1.41. The van der Waals surface area contributed by atoms with Crippen LogP contribution in [0.2, 0.25) is 0 Å². The number of rotatable bonds is 1. The van der Waals surface area contributed by atoms with Gasteiger partial charge >= 0.3 is 0 Å². The van der Waals surface area contributed by atoms with Gasteiger partial charge in [0.25, 0.3) is 0 Å². The summed E-state index contributed by atoms with van der Waals surface area (Å²) in [5.74, 6) is 0.529. The summed E-state index contributed by atoms with van der Waals surface area (Å²) < 4.78 is 5.03. The Hall–Kier alpha value is -1.64. The van der Waals surface area contributed by atoms with Gasteiger partial charge in [0.2, 0.25) is 5.89 Å². The van der Waals surface area contributed by atoms with E-state index in [1.54, 1.807) is 24.5 Å². The van der Waals surface area contributed by atoms with Gasteiger partial charge in [-0.2, -0.15) is 0 Å². The van der Waals surface area contributed by atoms with Gasteiger partial charge in [-0.25, -0.2) is 4.98 Å². The van der Waals surface area contributed by atoms with E-state index >= 15 is 0 Å². The van der Waals surface area contributed by atoms with E-state index in [-0.39, 0.29) is 0 Å². The van der Waals surface area contributed by atoms with E-state index in [0.29, 0.717) is 11.6 Å². The van der Waals surface area contributed by atoms with Crippen LogP contribution in [0.4, 0.5) is 0 Å². The van der Waals surface area contributed by atoms with Gasteiger partial charge in [-0.1, -0.05) is 0 Å². The minimum absolute atomic E-state index is 0.529. The Labute approximate surface area is 63.7 Å². The van der Waals surface area contributed by atoms with Gasteiger partial charge in [0.15, 0.2) is 0 Å². The number of oxazole rings is 1. The van der Waals surface area contributed by atoms with E-state index in [9.17, 15) is 0 Å². The number of pyridine rings is 1. The number of hydrogen-bond donors (Lipinski definition) is 0. The van der Waals surface area contributed by atoms with Crippen molar-refractivity contribution in [1.82, 2.24) is 9.97 Å². The molecule has 3 heteroatoms. The largest absolute Gasteiger partial charge is 0.443 e. The monoisotopic (exact) mass is 145 g/mol. The Morgan fingerprint density at radius 3 is 2.91 bits per heavy atom. The second-order valence-electron chi connectivity index (χ2n) is 1.98. The van der Waals surface area contributed by atoms with Crippen molar-refractivity contribution in [3.8, 4) is 11.6 Å². The fourth-order valence-electron chi connectivity index (χ4n) is 0.792. The molecule has 0 aliphatic heterocycles. The third-order valence-electron chi connectivity index (χ3n) is 1.26.